The van der Waals surface area contributed by atoms with Crippen LogP contribution in [0.2, 0.25) is 0 Å². The van der Waals surface area contributed by atoms with Crippen LogP contribution in [0.25, 0.3) is 10.9 Å². The average molecular weight is 388 g/mol. The van der Waals surface area contributed by atoms with Crippen molar-refractivity contribution >= 4 is 28.6 Å². The Morgan fingerprint density at radius 2 is 2.00 bits per heavy atom. The van der Waals surface area contributed by atoms with Crippen molar-refractivity contribution in [1.82, 2.24) is 9.55 Å². The number of hydrogen-bond acceptors (Lipinski definition) is 6. The van der Waals surface area contributed by atoms with Gasteiger partial charge < -0.3 is 9.47 Å². The summed E-state index contributed by atoms with van der Waals surface area (Å²) >= 11 is 1.24. The van der Waals surface area contributed by atoms with E-state index in [0.29, 0.717) is 27.4 Å². The van der Waals surface area contributed by atoms with E-state index in [4.69, 9.17) is 4.74 Å². The van der Waals surface area contributed by atoms with Crippen molar-refractivity contribution in [1.29, 1.82) is 0 Å². The quantitative estimate of drug-likeness (QED) is 0.367. The van der Waals surface area contributed by atoms with E-state index in [2.05, 4.69) is 9.72 Å². The smallest absolute Gasteiger partial charge is 0.325 e. The van der Waals surface area contributed by atoms with Gasteiger partial charge in [-0.1, -0.05) is 30.0 Å². The number of rotatable bonds is 6. The van der Waals surface area contributed by atoms with Crippen LogP contribution in [0, 0.1) is 5.82 Å². The highest BCUT2D eigenvalue weighted by molar-refractivity contribution is 7.98. The van der Waals surface area contributed by atoms with Crippen molar-refractivity contribution in [2.75, 3.05) is 14.2 Å². The van der Waals surface area contributed by atoms with Crippen LogP contribution < -0.4 is 10.3 Å². The molecule has 0 fully saturated rings. The summed E-state index contributed by atoms with van der Waals surface area (Å²) < 4.78 is 24.7. The molecule has 0 saturated heterocycles. The van der Waals surface area contributed by atoms with Gasteiger partial charge in [-0.3, -0.25) is 14.2 Å². The largest absolute Gasteiger partial charge is 0.494 e. The number of methoxy groups -OCH3 is 2. The Kier molecular flexibility index (Phi) is 5.75. The Morgan fingerprint density at radius 3 is 2.70 bits per heavy atom. The highest BCUT2D eigenvalue weighted by Gasteiger charge is 2.15. The molecule has 140 valence electrons. The zero-order valence-corrected chi connectivity index (χ0v) is 15.6. The van der Waals surface area contributed by atoms with E-state index >= 15 is 0 Å². The molecule has 0 aliphatic carbocycles. The SMILES string of the molecule is COC(=O)Cn1c(SCc2ccc(OC)c(F)c2)nc2ccccc2c1=O. The summed E-state index contributed by atoms with van der Waals surface area (Å²) in [6.07, 6.45) is 0. The summed E-state index contributed by atoms with van der Waals surface area (Å²) in [6, 6.07) is 11.6. The zero-order chi connectivity index (χ0) is 19.4. The van der Waals surface area contributed by atoms with Crippen LogP contribution in [-0.2, 0) is 21.8 Å². The van der Waals surface area contributed by atoms with Crippen molar-refractivity contribution in [3.05, 3.63) is 64.2 Å². The van der Waals surface area contributed by atoms with Crippen LogP contribution in [0.4, 0.5) is 4.39 Å². The summed E-state index contributed by atoms with van der Waals surface area (Å²) in [7, 11) is 2.66. The second kappa shape index (κ2) is 8.22. The molecule has 0 saturated carbocycles. The highest BCUT2D eigenvalue weighted by Crippen LogP contribution is 2.25. The Labute approximate surface area is 158 Å². The van der Waals surface area contributed by atoms with Gasteiger partial charge in [-0.05, 0) is 29.8 Å². The van der Waals surface area contributed by atoms with E-state index in [9.17, 15) is 14.0 Å². The predicted molar refractivity (Wildman–Crippen MR) is 101 cm³/mol. The molecule has 0 N–H and O–H groups in total. The van der Waals surface area contributed by atoms with Crippen molar-refractivity contribution in [2.45, 2.75) is 17.5 Å². The molecule has 3 aromatic rings. The Balaban J connectivity index is 1.96. The first-order valence-electron chi connectivity index (χ1n) is 8.05. The predicted octanol–water partition coefficient (Wildman–Crippen LogP) is 3.01. The monoisotopic (exact) mass is 388 g/mol. The lowest BCUT2D eigenvalue weighted by atomic mass is 10.2. The maximum atomic E-state index is 13.9. The van der Waals surface area contributed by atoms with Gasteiger partial charge in [-0.15, -0.1) is 0 Å². The first-order valence-corrected chi connectivity index (χ1v) is 9.03. The molecule has 0 unspecified atom stereocenters. The Hall–Kier alpha value is -2.87. The first-order chi connectivity index (χ1) is 13.0. The van der Waals surface area contributed by atoms with Gasteiger partial charge in [0.25, 0.3) is 5.56 Å². The molecule has 0 aliphatic rings. The molecule has 6 nitrogen and oxygen atoms in total. The number of thioether (sulfide) groups is 1. The molecule has 0 bridgehead atoms. The maximum absolute atomic E-state index is 13.9. The van der Waals surface area contributed by atoms with E-state index in [0.717, 1.165) is 0 Å². The van der Waals surface area contributed by atoms with Crippen molar-refractivity contribution in [3.63, 3.8) is 0 Å². The molecule has 0 aliphatic heterocycles. The third-order valence-corrected chi connectivity index (χ3v) is 4.97. The standard InChI is InChI=1S/C19H17FN2O4S/c1-25-16-8-7-12(9-14(16)20)11-27-19-21-15-6-4-3-5-13(15)18(24)22(19)10-17(23)26-2/h3-9H,10-11H2,1-2H3. The number of aromatic nitrogens is 2. The second-order valence-electron chi connectivity index (χ2n) is 5.64. The molecule has 8 heteroatoms. The molecule has 0 amide bonds. The lowest BCUT2D eigenvalue weighted by molar-refractivity contribution is -0.141. The molecular weight excluding hydrogens is 371 g/mol. The van der Waals surface area contributed by atoms with E-state index < -0.39 is 11.8 Å². The number of esters is 1. The first kappa shape index (κ1) is 18.9. The molecule has 1 heterocycles. The van der Waals surface area contributed by atoms with Crippen LogP contribution >= 0.6 is 11.8 Å². The highest BCUT2D eigenvalue weighted by atomic mass is 32.2. The number of halogens is 1. The second-order valence-corrected chi connectivity index (χ2v) is 6.58. The zero-order valence-electron chi connectivity index (χ0n) is 14.8. The van der Waals surface area contributed by atoms with E-state index in [1.165, 1.54) is 36.6 Å². The molecule has 0 radical (unpaired) electrons. The fraction of sp³-hybridized carbons (Fsp3) is 0.211. The molecule has 2 aromatic carbocycles. The molecule has 3 rings (SSSR count). The number of benzene rings is 2. The number of ether oxygens (including phenoxy) is 2. The summed E-state index contributed by atoms with van der Waals surface area (Å²) in [4.78, 5) is 29.0. The molecular formula is C19H17FN2O4S. The third kappa shape index (κ3) is 4.11. The molecule has 0 spiro atoms. The summed E-state index contributed by atoms with van der Waals surface area (Å²) in [5.41, 5.74) is 0.909. The number of hydrogen-bond donors (Lipinski definition) is 0. The van der Waals surface area contributed by atoms with E-state index in [1.54, 1.807) is 36.4 Å². The van der Waals surface area contributed by atoms with Gasteiger partial charge in [0.15, 0.2) is 16.7 Å². The Bertz CT molecular complexity index is 1050. The van der Waals surface area contributed by atoms with Crippen LogP contribution in [0.5, 0.6) is 5.75 Å². The van der Waals surface area contributed by atoms with Gasteiger partial charge in [0.2, 0.25) is 0 Å². The minimum absolute atomic E-state index is 0.162. The lowest BCUT2D eigenvalue weighted by Gasteiger charge is -2.12. The van der Waals surface area contributed by atoms with Gasteiger partial charge in [-0.25, -0.2) is 9.37 Å². The van der Waals surface area contributed by atoms with Crippen molar-refractivity contribution in [2.24, 2.45) is 0 Å². The van der Waals surface area contributed by atoms with Crippen molar-refractivity contribution < 1.29 is 18.7 Å². The van der Waals surface area contributed by atoms with Crippen LogP contribution in [0.15, 0.2) is 52.4 Å². The fourth-order valence-electron chi connectivity index (χ4n) is 2.54. The normalized spacial score (nSPS) is 10.8. The van der Waals surface area contributed by atoms with Gasteiger partial charge in [0, 0.05) is 5.75 Å². The summed E-state index contributed by atoms with van der Waals surface area (Å²) in [5.74, 6) is -0.483. The van der Waals surface area contributed by atoms with Crippen LogP contribution in [0.3, 0.4) is 0 Å². The number of para-hydroxylation sites is 1. The molecule has 0 atom stereocenters. The number of nitrogens with zero attached hydrogens (tertiary/aromatic N) is 2. The Morgan fingerprint density at radius 1 is 1.22 bits per heavy atom. The van der Waals surface area contributed by atoms with Crippen LogP contribution in [0.1, 0.15) is 5.56 Å². The van der Waals surface area contributed by atoms with Gasteiger partial charge in [-0.2, -0.15) is 0 Å². The molecule has 27 heavy (non-hydrogen) atoms. The number of fused-ring (bicyclic) bond motifs is 1. The van der Waals surface area contributed by atoms with Gasteiger partial charge in [0.1, 0.15) is 6.54 Å². The van der Waals surface area contributed by atoms with E-state index in [-0.39, 0.29) is 17.9 Å². The minimum atomic E-state index is -0.550. The van der Waals surface area contributed by atoms with Crippen molar-refractivity contribution in [3.8, 4) is 5.75 Å². The lowest BCUT2D eigenvalue weighted by Crippen LogP contribution is -2.27. The third-order valence-electron chi connectivity index (χ3n) is 3.93. The van der Waals surface area contributed by atoms with Gasteiger partial charge in [0.05, 0.1) is 25.1 Å². The summed E-state index contributed by atoms with van der Waals surface area (Å²) in [6.45, 7) is -0.244. The van der Waals surface area contributed by atoms with E-state index in [1.807, 2.05) is 0 Å². The average Bonchev–Trinajstić information content (AvgIpc) is 2.68. The topological polar surface area (TPSA) is 70.4 Å². The van der Waals surface area contributed by atoms with Gasteiger partial charge >= 0.3 is 5.97 Å². The number of carbonyl (C=O) groups excluding carboxylic acids is 1. The minimum Gasteiger partial charge on any atom is -0.494 e. The number of carbonyl (C=O) groups is 1. The maximum Gasteiger partial charge on any atom is 0.325 e. The summed E-state index contributed by atoms with van der Waals surface area (Å²) in [5, 5.41) is 0.779. The fourth-order valence-corrected chi connectivity index (χ4v) is 3.48. The van der Waals surface area contributed by atoms with Crippen LogP contribution in [-0.4, -0.2) is 29.7 Å². The molecule has 1 aromatic heterocycles.